The van der Waals surface area contributed by atoms with Gasteiger partial charge in [0.05, 0.1) is 0 Å². The zero-order chi connectivity index (χ0) is 14.0. The van der Waals surface area contributed by atoms with Gasteiger partial charge in [-0.2, -0.15) is 0 Å². The zero-order valence-corrected chi connectivity index (χ0v) is 13.5. The second-order valence-corrected chi connectivity index (χ2v) is 6.10. The molecule has 2 heteroatoms. The fourth-order valence-corrected chi connectivity index (χ4v) is 2.65. The molecule has 0 fully saturated rings. The van der Waals surface area contributed by atoms with Crippen LogP contribution in [0.4, 0.5) is 5.69 Å². The molecule has 2 aromatic rings. The summed E-state index contributed by atoms with van der Waals surface area (Å²) in [7, 11) is 0. The maximum Gasteiger partial charge on any atom is 0.0488 e. The molecule has 0 saturated carbocycles. The van der Waals surface area contributed by atoms with Crippen LogP contribution in [0.1, 0.15) is 35.2 Å². The van der Waals surface area contributed by atoms with Gasteiger partial charge in [-0.05, 0) is 56.5 Å². The van der Waals surface area contributed by atoms with Crippen molar-refractivity contribution in [1.29, 1.82) is 0 Å². The van der Waals surface area contributed by atoms with Crippen molar-refractivity contribution in [3.63, 3.8) is 0 Å². The van der Waals surface area contributed by atoms with Crippen molar-refractivity contribution in [3.8, 4) is 0 Å². The van der Waals surface area contributed by atoms with Gasteiger partial charge in [-0.25, -0.2) is 0 Å². The minimum absolute atomic E-state index is 0.299. The predicted octanol–water partition coefficient (Wildman–Crippen LogP) is 5.55. The topological polar surface area (TPSA) is 12.0 Å². The van der Waals surface area contributed by atoms with E-state index in [9.17, 15) is 0 Å². The Labute approximate surface area is 124 Å². The van der Waals surface area contributed by atoms with E-state index in [2.05, 4.69) is 85.3 Å². The fourth-order valence-electron chi connectivity index (χ4n) is 2.29. The Kier molecular flexibility index (Phi) is 4.31. The van der Waals surface area contributed by atoms with Crippen LogP contribution in [-0.2, 0) is 0 Å². The first-order valence-corrected chi connectivity index (χ1v) is 7.36. The van der Waals surface area contributed by atoms with Crippen molar-refractivity contribution in [2.75, 3.05) is 5.32 Å². The largest absolute Gasteiger partial charge is 0.378 e. The second kappa shape index (κ2) is 5.79. The molecule has 0 radical (unpaired) electrons. The van der Waals surface area contributed by atoms with E-state index < -0.39 is 0 Å². The Morgan fingerprint density at radius 3 is 2.37 bits per heavy atom. The monoisotopic (exact) mass is 317 g/mol. The molecule has 1 N–H and O–H groups in total. The number of aryl methyl sites for hydroxylation is 3. The lowest BCUT2D eigenvalue weighted by Gasteiger charge is -2.20. The summed E-state index contributed by atoms with van der Waals surface area (Å²) in [5.41, 5.74) is 6.45. The first-order valence-electron chi connectivity index (χ1n) is 6.57. The highest BCUT2D eigenvalue weighted by atomic mass is 79.9. The Morgan fingerprint density at radius 1 is 0.947 bits per heavy atom. The summed E-state index contributed by atoms with van der Waals surface area (Å²) in [5.74, 6) is 0. The molecule has 1 unspecified atom stereocenters. The minimum atomic E-state index is 0.299. The summed E-state index contributed by atoms with van der Waals surface area (Å²) in [5, 5.41) is 3.61. The van der Waals surface area contributed by atoms with Gasteiger partial charge in [-0.15, -0.1) is 0 Å². The predicted molar refractivity (Wildman–Crippen MR) is 86.8 cm³/mol. The van der Waals surface area contributed by atoms with E-state index in [-0.39, 0.29) is 0 Å². The standard InChI is InChI=1S/C17H20BrN/c1-11-5-6-12(2)16(9-11)14(4)19-17-10-15(18)8-7-13(17)3/h5-10,14,19H,1-4H3. The highest BCUT2D eigenvalue weighted by molar-refractivity contribution is 9.10. The summed E-state index contributed by atoms with van der Waals surface area (Å²) >= 11 is 3.53. The van der Waals surface area contributed by atoms with Crippen LogP contribution in [0.25, 0.3) is 0 Å². The molecule has 0 bridgehead atoms. The van der Waals surface area contributed by atoms with Crippen molar-refractivity contribution in [1.82, 2.24) is 0 Å². The van der Waals surface area contributed by atoms with Crippen molar-refractivity contribution < 1.29 is 0 Å². The molecule has 0 aliphatic carbocycles. The van der Waals surface area contributed by atoms with E-state index >= 15 is 0 Å². The zero-order valence-electron chi connectivity index (χ0n) is 11.9. The van der Waals surface area contributed by atoms with Gasteiger partial charge in [0.2, 0.25) is 0 Å². The number of nitrogens with one attached hydrogen (secondary N) is 1. The van der Waals surface area contributed by atoms with Crippen LogP contribution < -0.4 is 5.32 Å². The van der Waals surface area contributed by atoms with Gasteiger partial charge < -0.3 is 5.32 Å². The molecule has 0 heterocycles. The smallest absolute Gasteiger partial charge is 0.0488 e. The summed E-state index contributed by atoms with van der Waals surface area (Å²) in [6.07, 6.45) is 0. The lowest BCUT2D eigenvalue weighted by molar-refractivity contribution is 0.870. The molecule has 0 aromatic heterocycles. The van der Waals surface area contributed by atoms with Gasteiger partial charge in [-0.1, -0.05) is 45.8 Å². The van der Waals surface area contributed by atoms with Crippen LogP contribution in [0.15, 0.2) is 40.9 Å². The molecule has 0 amide bonds. The maximum atomic E-state index is 3.61. The molecule has 0 saturated heterocycles. The average Bonchev–Trinajstić information content (AvgIpc) is 2.36. The molecule has 2 aromatic carbocycles. The van der Waals surface area contributed by atoms with E-state index in [0.717, 1.165) is 4.47 Å². The summed E-state index contributed by atoms with van der Waals surface area (Å²) in [6, 6.07) is 13.3. The van der Waals surface area contributed by atoms with E-state index in [0.29, 0.717) is 6.04 Å². The molecular weight excluding hydrogens is 298 g/mol. The first-order chi connectivity index (χ1) is 8.97. The van der Waals surface area contributed by atoms with E-state index in [1.807, 2.05) is 0 Å². The number of hydrogen-bond donors (Lipinski definition) is 1. The molecule has 19 heavy (non-hydrogen) atoms. The van der Waals surface area contributed by atoms with Gasteiger partial charge in [-0.3, -0.25) is 0 Å². The quantitative estimate of drug-likeness (QED) is 0.782. The van der Waals surface area contributed by atoms with Gasteiger partial charge in [0.15, 0.2) is 0 Å². The summed E-state index contributed by atoms with van der Waals surface area (Å²) in [4.78, 5) is 0. The third-order valence-electron chi connectivity index (χ3n) is 3.47. The molecule has 0 aliphatic heterocycles. The van der Waals surface area contributed by atoms with Crippen LogP contribution in [0.3, 0.4) is 0 Å². The van der Waals surface area contributed by atoms with Crippen LogP contribution in [-0.4, -0.2) is 0 Å². The maximum absolute atomic E-state index is 3.61. The second-order valence-electron chi connectivity index (χ2n) is 5.19. The van der Waals surface area contributed by atoms with Gasteiger partial charge >= 0.3 is 0 Å². The molecule has 1 nitrogen and oxygen atoms in total. The number of anilines is 1. The van der Waals surface area contributed by atoms with E-state index in [4.69, 9.17) is 0 Å². The molecule has 1 atom stereocenters. The summed E-state index contributed by atoms with van der Waals surface area (Å²) in [6.45, 7) is 8.65. The lowest BCUT2D eigenvalue weighted by Crippen LogP contribution is -2.09. The minimum Gasteiger partial charge on any atom is -0.378 e. The summed E-state index contributed by atoms with van der Waals surface area (Å²) < 4.78 is 1.11. The Hall–Kier alpha value is -1.28. The Morgan fingerprint density at radius 2 is 1.63 bits per heavy atom. The SMILES string of the molecule is Cc1ccc(C)c(C(C)Nc2cc(Br)ccc2C)c1. The highest BCUT2D eigenvalue weighted by Gasteiger charge is 2.10. The van der Waals surface area contributed by atoms with E-state index in [1.165, 1.54) is 27.9 Å². The number of benzene rings is 2. The lowest BCUT2D eigenvalue weighted by atomic mass is 9.99. The van der Waals surface area contributed by atoms with Gasteiger partial charge in [0.25, 0.3) is 0 Å². The van der Waals surface area contributed by atoms with Crippen molar-refractivity contribution in [2.24, 2.45) is 0 Å². The normalized spacial score (nSPS) is 12.3. The number of rotatable bonds is 3. The Bertz CT molecular complexity index is 590. The van der Waals surface area contributed by atoms with Gasteiger partial charge in [0.1, 0.15) is 0 Å². The number of halogens is 1. The average molecular weight is 318 g/mol. The van der Waals surface area contributed by atoms with Crippen molar-refractivity contribution in [2.45, 2.75) is 33.7 Å². The van der Waals surface area contributed by atoms with Crippen LogP contribution >= 0.6 is 15.9 Å². The third kappa shape index (κ3) is 3.38. The number of hydrogen-bond acceptors (Lipinski definition) is 1. The first kappa shape index (κ1) is 14.1. The highest BCUT2D eigenvalue weighted by Crippen LogP contribution is 2.27. The third-order valence-corrected chi connectivity index (χ3v) is 3.97. The van der Waals surface area contributed by atoms with Crippen molar-refractivity contribution >= 4 is 21.6 Å². The molecule has 100 valence electrons. The molecule has 0 spiro atoms. The Balaban J connectivity index is 2.27. The van der Waals surface area contributed by atoms with Crippen LogP contribution in [0.5, 0.6) is 0 Å². The van der Waals surface area contributed by atoms with E-state index in [1.54, 1.807) is 0 Å². The molecular formula is C17H20BrN. The molecule has 0 aliphatic rings. The van der Waals surface area contributed by atoms with Gasteiger partial charge in [0, 0.05) is 16.2 Å². The van der Waals surface area contributed by atoms with Crippen LogP contribution in [0.2, 0.25) is 0 Å². The fraction of sp³-hybridized carbons (Fsp3) is 0.294. The molecule has 2 rings (SSSR count). The van der Waals surface area contributed by atoms with Crippen LogP contribution in [0, 0.1) is 20.8 Å². The van der Waals surface area contributed by atoms with Crippen molar-refractivity contribution in [3.05, 3.63) is 63.1 Å².